The van der Waals surface area contributed by atoms with Crippen LogP contribution in [0.15, 0.2) is 34.9 Å². The molecule has 0 saturated heterocycles. The number of fused-ring (bicyclic) bond motifs is 1. The van der Waals surface area contributed by atoms with E-state index in [1.54, 1.807) is 11.8 Å². The number of nitrogens with one attached hydrogen (secondary N) is 1. The molecule has 1 N–H and O–H groups in total. The molecule has 0 saturated carbocycles. The Morgan fingerprint density at radius 1 is 1.30 bits per heavy atom. The van der Waals surface area contributed by atoms with Gasteiger partial charge in [0.05, 0.1) is 17.5 Å². The molecular weight excluding hydrogens is 308 g/mol. The topological polar surface area (TPSA) is 55.1 Å². The van der Waals surface area contributed by atoms with Gasteiger partial charge in [0.25, 0.3) is 0 Å². The highest BCUT2D eigenvalue weighted by Crippen LogP contribution is 2.26. The molecule has 2 aromatic rings. The summed E-state index contributed by atoms with van der Waals surface area (Å²) in [5.41, 5.74) is 3.42. The normalized spacial score (nSPS) is 15.0. The van der Waals surface area contributed by atoms with E-state index in [9.17, 15) is 4.79 Å². The van der Waals surface area contributed by atoms with Crippen LogP contribution in [0.1, 0.15) is 48.4 Å². The minimum absolute atomic E-state index is 0.0316. The van der Waals surface area contributed by atoms with Crippen LogP contribution in [0.4, 0.5) is 0 Å². The summed E-state index contributed by atoms with van der Waals surface area (Å²) in [5, 5.41) is 7.21. The highest BCUT2D eigenvalue weighted by atomic mass is 32.2. The molecule has 0 aliphatic heterocycles. The Kier molecular flexibility index (Phi) is 5.39. The Balaban J connectivity index is 1.45. The lowest BCUT2D eigenvalue weighted by atomic mass is 9.97. The molecule has 1 aliphatic rings. The van der Waals surface area contributed by atoms with Crippen molar-refractivity contribution in [2.24, 2.45) is 0 Å². The summed E-state index contributed by atoms with van der Waals surface area (Å²) in [4.78, 5) is 12.1. The number of aryl methyl sites for hydroxylation is 1. The largest absolute Gasteiger partial charge is 0.361 e. The molecule has 5 heteroatoms. The van der Waals surface area contributed by atoms with Crippen LogP contribution < -0.4 is 5.32 Å². The molecule has 122 valence electrons. The predicted octanol–water partition coefficient (Wildman–Crippen LogP) is 3.66. The summed E-state index contributed by atoms with van der Waals surface area (Å²) < 4.78 is 5.40. The number of amides is 1. The SMILES string of the molecule is C[C@@H](NC(=O)CSCc1noc2c1CCCC2)c1ccccc1. The summed E-state index contributed by atoms with van der Waals surface area (Å²) in [6, 6.07) is 10.0. The lowest BCUT2D eigenvalue weighted by Crippen LogP contribution is -2.28. The Hall–Kier alpha value is -1.75. The second-order valence-electron chi connectivity index (χ2n) is 5.93. The number of aromatic nitrogens is 1. The summed E-state index contributed by atoms with van der Waals surface area (Å²) in [6.45, 7) is 2.01. The fraction of sp³-hybridized carbons (Fsp3) is 0.444. The van der Waals surface area contributed by atoms with E-state index in [-0.39, 0.29) is 11.9 Å². The number of rotatable bonds is 6. The lowest BCUT2D eigenvalue weighted by molar-refractivity contribution is -0.119. The van der Waals surface area contributed by atoms with Crippen molar-refractivity contribution in [3.63, 3.8) is 0 Å². The van der Waals surface area contributed by atoms with Crippen LogP contribution >= 0.6 is 11.8 Å². The van der Waals surface area contributed by atoms with Gasteiger partial charge in [0.1, 0.15) is 5.76 Å². The third-order valence-electron chi connectivity index (χ3n) is 4.18. The molecular formula is C18H22N2O2S. The van der Waals surface area contributed by atoms with Crippen molar-refractivity contribution in [2.75, 3.05) is 5.75 Å². The molecule has 0 radical (unpaired) electrons. The van der Waals surface area contributed by atoms with Crippen molar-refractivity contribution >= 4 is 17.7 Å². The molecule has 3 rings (SSSR count). The smallest absolute Gasteiger partial charge is 0.230 e. The molecule has 0 bridgehead atoms. The van der Waals surface area contributed by atoms with E-state index in [1.165, 1.54) is 18.4 Å². The zero-order valence-corrected chi connectivity index (χ0v) is 14.2. The second-order valence-corrected chi connectivity index (χ2v) is 6.92. The number of hydrogen-bond donors (Lipinski definition) is 1. The Morgan fingerprint density at radius 3 is 2.91 bits per heavy atom. The monoisotopic (exact) mass is 330 g/mol. The minimum Gasteiger partial charge on any atom is -0.361 e. The van der Waals surface area contributed by atoms with E-state index >= 15 is 0 Å². The maximum absolute atomic E-state index is 12.1. The van der Waals surface area contributed by atoms with Crippen LogP contribution in [0, 0.1) is 0 Å². The summed E-state index contributed by atoms with van der Waals surface area (Å²) in [7, 11) is 0. The standard InChI is InChI=1S/C18H22N2O2S/c1-13(14-7-3-2-4-8-14)19-18(21)12-23-11-16-15-9-5-6-10-17(15)22-20-16/h2-4,7-8,13H,5-6,9-12H2,1H3,(H,19,21)/t13-/m1/s1. The maximum atomic E-state index is 12.1. The van der Waals surface area contributed by atoms with Gasteiger partial charge >= 0.3 is 0 Å². The van der Waals surface area contributed by atoms with Gasteiger partial charge in [-0.25, -0.2) is 0 Å². The quantitative estimate of drug-likeness (QED) is 0.878. The van der Waals surface area contributed by atoms with Gasteiger partial charge < -0.3 is 9.84 Å². The first kappa shape index (κ1) is 16.1. The summed E-state index contributed by atoms with van der Waals surface area (Å²) >= 11 is 1.59. The Bertz CT molecular complexity index is 654. The van der Waals surface area contributed by atoms with Crippen LogP contribution in [-0.2, 0) is 23.4 Å². The van der Waals surface area contributed by atoms with Crippen LogP contribution in [0.3, 0.4) is 0 Å². The molecule has 23 heavy (non-hydrogen) atoms. The lowest BCUT2D eigenvalue weighted by Gasteiger charge is -2.14. The number of nitrogens with zero attached hydrogens (tertiary/aromatic N) is 1. The predicted molar refractivity (Wildman–Crippen MR) is 92.3 cm³/mol. The van der Waals surface area contributed by atoms with E-state index in [1.807, 2.05) is 37.3 Å². The van der Waals surface area contributed by atoms with Crippen LogP contribution in [0.5, 0.6) is 0 Å². The fourth-order valence-corrected chi connectivity index (χ4v) is 3.70. The van der Waals surface area contributed by atoms with Gasteiger partial charge in [-0.3, -0.25) is 4.79 Å². The highest BCUT2D eigenvalue weighted by molar-refractivity contribution is 7.99. The van der Waals surface area contributed by atoms with Gasteiger partial charge in [-0.05, 0) is 31.7 Å². The molecule has 1 aromatic heterocycles. The van der Waals surface area contributed by atoms with Crippen molar-refractivity contribution in [3.8, 4) is 0 Å². The maximum Gasteiger partial charge on any atom is 0.230 e. The summed E-state index contributed by atoms with van der Waals surface area (Å²) in [6.07, 6.45) is 4.46. The van der Waals surface area contributed by atoms with Crippen molar-refractivity contribution in [1.82, 2.24) is 10.5 Å². The van der Waals surface area contributed by atoms with Gasteiger partial charge in [-0.1, -0.05) is 35.5 Å². The van der Waals surface area contributed by atoms with E-state index < -0.39 is 0 Å². The van der Waals surface area contributed by atoms with Crippen molar-refractivity contribution in [3.05, 3.63) is 52.9 Å². The first-order valence-corrected chi connectivity index (χ1v) is 9.28. The van der Waals surface area contributed by atoms with Crippen molar-refractivity contribution in [2.45, 2.75) is 44.4 Å². The molecule has 1 aromatic carbocycles. The molecule has 1 aliphatic carbocycles. The van der Waals surface area contributed by atoms with E-state index in [2.05, 4.69) is 10.5 Å². The molecule has 1 amide bonds. The third-order valence-corrected chi connectivity index (χ3v) is 5.12. The van der Waals surface area contributed by atoms with Crippen molar-refractivity contribution in [1.29, 1.82) is 0 Å². The average molecular weight is 330 g/mol. The molecule has 0 fully saturated rings. The molecule has 1 heterocycles. The number of thioether (sulfide) groups is 1. The third kappa shape index (κ3) is 4.16. The van der Waals surface area contributed by atoms with Crippen LogP contribution in [-0.4, -0.2) is 16.8 Å². The van der Waals surface area contributed by atoms with Gasteiger partial charge in [0.15, 0.2) is 0 Å². The fourth-order valence-electron chi connectivity index (χ4n) is 2.91. The Labute approximate surface area is 141 Å². The van der Waals surface area contributed by atoms with E-state index in [0.717, 1.165) is 35.6 Å². The van der Waals surface area contributed by atoms with Gasteiger partial charge in [0, 0.05) is 17.7 Å². The van der Waals surface area contributed by atoms with Crippen LogP contribution in [0.25, 0.3) is 0 Å². The highest BCUT2D eigenvalue weighted by Gasteiger charge is 2.19. The number of carbonyl (C=O) groups excluding carboxylic acids is 1. The molecule has 1 atom stereocenters. The number of benzene rings is 1. The zero-order valence-electron chi connectivity index (χ0n) is 13.4. The minimum atomic E-state index is 0.0316. The Morgan fingerprint density at radius 2 is 2.09 bits per heavy atom. The van der Waals surface area contributed by atoms with Crippen LogP contribution in [0.2, 0.25) is 0 Å². The zero-order chi connectivity index (χ0) is 16.1. The van der Waals surface area contributed by atoms with Gasteiger partial charge in [0.2, 0.25) is 5.91 Å². The molecule has 4 nitrogen and oxygen atoms in total. The number of hydrogen-bond acceptors (Lipinski definition) is 4. The van der Waals surface area contributed by atoms with Crippen molar-refractivity contribution < 1.29 is 9.32 Å². The summed E-state index contributed by atoms with van der Waals surface area (Å²) in [5.74, 6) is 2.29. The first-order valence-electron chi connectivity index (χ1n) is 8.12. The molecule has 0 spiro atoms. The van der Waals surface area contributed by atoms with E-state index in [4.69, 9.17) is 4.52 Å². The average Bonchev–Trinajstić information content (AvgIpc) is 2.99. The molecule has 0 unspecified atom stereocenters. The number of carbonyl (C=O) groups is 1. The van der Waals surface area contributed by atoms with Gasteiger partial charge in [-0.2, -0.15) is 0 Å². The first-order chi connectivity index (χ1) is 11.2. The second kappa shape index (κ2) is 7.68. The van der Waals surface area contributed by atoms with E-state index in [0.29, 0.717) is 5.75 Å². The van der Waals surface area contributed by atoms with Gasteiger partial charge in [-0.15, -0.1) is 11.8 Å².